The first-order chi connectivity index (χ1) is 18.6. The molecule has 2 aliphatic heterocycles. The summed E-state index contributed by atoms with van der Waals surface area (Å²) in [5.41, 5.74) is 10.2. The summed E-state index contributed by atoms with van der Waals surface area (Å²) in [6.07, 6.45) is 7.70. The highest BCUT2D eigenvalue weighted by Crippen LogP contribution is 2.43. The van der Waals surface area contributed by atoms with Crippen LogP contribution in [-0.4, -0.2) is 20.4 Å². The van der Waals surface area contributed by atoms with E-state index in [0.717, 1.165) is 55.3 Å². The number of nitrogens with one attached hydrogen (secondary N) is 1. The molecule has 0 spiro atoms. The van der Waals surface area contributed by atoms with E-state index in [4.69, 9.17) is 14.2 Å². The molecule has 3 aromatic carbocycles. The molecule has 204 valence electrons. The van der Waals surface area contributed by atoms with Gasteiger partial charge in [-0.25, -0.2) is 0 Å². The molecule has 0 atom stereocenters. The maximum Gasteiger partial charge on any atom is 0.231 e. The Morgan fingerprint density at radius 2 is 1.77 bits per heavy atom. The lowest BCUT2D eigenvalue weighted by molar-refractivity contribution is -0.686. The van der Waals surface area contributed by atoms with Crippen LogP contribution < -0.4 is 41.1 Å². The van der Waals surface area contributed by atoms with Crippen LogP contribution in [0.15, 0.2) is 48.7 Å². The SMILES string of the molecule is CCCCCNc1c(OC)ccc2c(Cc3ccc(C)c(C)c3)c3[n+](cc12)CCc1cc2c(cc1-3)OCO2.[Br-]. The third-order valence-electron chi connectivity index (χ3n) is 8.12. The molecule has 1 aromatic heterocycles. The fourth-order valence-corrected chi connectivity index (χ4v) is 5.90. The number of aryl methyl sites for hydroxylation is 4. The van der Waals surface area contributed by atoms with E-state index in [0.29, 0.717) is 0 Å². The smallest absolute Gasteiger partial charge is 0.231 e. The van der Waals surface area contributed by atoms with Gasteiger partial charge >= 0.3 is 0 Å². The third-order valence-corrected chi connectivity index (χ3v) is 8.12. The molecule has 6 rings (SSSR count). The maximum atomic E-state index is 5.85. The van der Waals surface area contributed by atoms with Crippen molar-refractivity contribution in [2.45, 2.75) is 59.4 Å². The summed E-state index contributed by atoms with van der Waals surface area (Å²) in [5.74, 6) is 2.59. The van der Waals surface area contributed by atoms with Crippen LogP contribution in [0.3, 0.4) is 0 Å². The number of ether oxygens (including phenoxy) is 3. The van der Waals surface area contributed by atoms with Crippen LogP contribution in [0.25, 0.3) is 22.0 Å². The zero-order valence-electron chi connectivity index (χ0n) is 23.3. The quantitative estimate of drug-likeness (QED) is 0.250. The molecule has 2 aliphatic rings. The zero-order valence-corrected chi connectivity index (χ0v) is 24.9. The highest BCUT2D eigenvalue weighted by atomic mass is 79.9. The van der Waals surface area contributed by atoms with Gasteiger partial charge < -0.3 is 36.5 Å². The van der Waals surface area contributed by atoms with Gasteiger partial charge in [0.15, 0.2) is 24.2 Å². The molecular weight excluding hydrogens is 552 g/mol. The highest BCUT2D eigenvalue weighted by molar-refractivity contribution is 6.00. The number of nitrogens with zero attached hydrogens (tertiary/aromatic N) is 1. The van der Waals surface area contributed by atoms with Crippen molar-refractivity contribution in [2.24, 2.45) is 0 Å². The van der Waals surface area contributed by atoms with Gasteiger partial charge in [-0.3, -0.25) is 0 Å². The fraction of sp³-hybridized carbons (Fsp3) is 0.364. The molecule has 0 saturated heterocycles. The number of unbranched alkanes of at least 4 members (excludes halogenated alkanes) is 2. The number of rotatable bonds is 8. The summed E-state index contributed by atoms with van der Waals surface area (Å²) in [6, 6.07) is 15.6. The van der Waals surface area contributed by atoms with Gasteiger partial charge in [-0.15, -0.1) is 0 Å². The Morgan fingerprint density at radius 3 is 2.54 bits per heavy atom. The molecule has 0 aliphatic carbocycles. The highest BCUT2D eigenvalue weighted by Gasteiger charge is 2.32. The van der Waals surface area contributed by atoms with Crippen LogP contribution >= 0.6 is 0 Å². The summed E-state index contributed by atoms with van der Waals surface area (Å²) in [7, 11) is 1.76. The van der Waals surface area contributed by atoms with E-state index >= 15 is 0 Å². The monoisotopic (exact) mass is 588 g/mol. The number of aromatic nitrogens is 1. The lowest BCUT2D eigenvalue weighted by atomic mass is 9.88. The number of hydrogen-bond donors (Lipinski definition) is 1. The lowest BCUT2D eigenvalue weighted by Crippen LogP contribution is -3.00. The molecule has 0 unspecified atom stereocenters. The summed E-state index contributed by atoms with van der Waals surface area (Å²) < 4.78 is 19.8. The molecular formula is C33H37BrN2O3. The van der Waals surface area contributed by atoms with Gasteiger partial charge in [0, 0.05) is 30.3 Å². The molecule has 0 radical (unpaired) electrons. The molecule has 4 aromatic rings. The van der Waals surface area contributed by atoms with Gasteiger partial charge in [-0.05, 0) is 66.8 Å². The third kappa shape index (κ3) is 5.07. The van der Waals surface area contributed by atoms with Crippen molar-refractivity contribution >= 4 is 16.5 Å². The average molecular weight is 590 g/mol. The van der Waals surface area contributed by atoms with Crippen LogP contribution in [0.2, 0.25) is 0 Å². The molecule has 0 amide bonds. The van der Waals surface area contributed by atoms with E-state index in [1.807, 2.05) is 0 Å². The first-order valence-corrected chi connectivity index (χ1v) is 13.9. The molecule has 3 heterocycles. The minimum absolute atomic E-state index is 0. The number of fused-ring (bicyclic) bond motifs is 5. The lowest BCUT2D eigenvalue weighted by Gasteiger charge is -2.22. The second kappa shape index (κ2) is 11.5. The molecule has 0 saturated carbocycles. The van der Waals surface area contributed by atoms with Crippen molar-refractivity contribution in [2.75, 3.05) is 25.8 Å². The van der Waals surface area contributed by atoms with Gasteiger partial charge in [-0.1, -0.05) is 38.0 Å². The first-order valence-electron chi connectivity index (χ1n) is 13.9. The van der Waals surface area contributed by atoms with Crippen molar-refractivity contribution < 1.29 is 35.8 Å². The van der Waals surface area contributed by atoms with Gasteiger partial charge in [0.25, 0.3) is 0 Å². The first kappa shape index (κ1) is 27.3. The summed E-state index contributed by atoms with van der Waals surface area (Å²) >= 11 is 0. The molecule has 5 nitrogen and oxygen atoms in total. The number of pyridine rings is 1. The standard InChI is InChI=1S/C33H36N2O3.BrH/c1-5-6-7-13-34-32-28-19-35-14-12-24-17-30-31(38-20-37-30)18-26(24)33(35)27(25(28)10-11-29(32)36-4)16-23-9-8-21(2)22(3)15-23;/h8-11,15,17-19H,5-7,12-14,16,20H2,1-4H3;1H. The topological polar surface area (TPSA) is 43.6 Å². The van der Waals surface area contributed by atoms with E-state index in [2.05, 4.69) is 79.3 Å². The molecule has 1 N–H and O–H groups in total. The van der Waals surface area contributed by atoms with Gasteiger partial charge in [0.05, 0.1) is 23.7 Å². The van der Waals surface area contributed by atoms with Gasteiger partial charge in [-0.2, -0.15) is 4.57 Å². The Morgan fingerprint density at radius 1 is 0.949 bits per heavy atom. The van der Waals surface area contributed by atoms with Crippen LogP contribution in [0.4, 0.5) is 5.69 Å². The Labute approximate surface area is 241 Å². The Hall–Kier alpha value is -3.25. The molecule has 6 heteroatoms. The molecule has 39 heavy (non-hydrogen) atoms. The van der Waals surface area contributed by atoms with Gasteiger partial charge in [0.1, 0.15) is 5.75 Å². The van der Waals surface area contributed by atoms with E-state index in [1.165, 1.54) is 62.7 Å². The minimum atomic E-state index is 0. The number of anilines is 1. The number of benzene rings is 3. The fourth-order valence-electron chi connectivity index (χ4n) is 5.90. The maximum absolute atomic E-state index is 5.85. The van der Waals surface area contributed by atoms with Crippen LogP contribution in [0.1, 0.15) is 54.0 Å². The second-order valence-electron chi connectivity index (χ2n) is 10.6. The Balaban J connectivity index is 0.00000308. The second-order valence-corrected chi connectivity index (χ2v) is 10.6. The van der Waals surface area contributed by atoms with Crippen molar-refractivity contribution in [3.63, 3.8) is 0 Å². The predicted molar refractivity (Wildman–Crippen MR) is 153 cm³/mol. The molecule has 0 bridgehead atoms. The van der Waals surface area contributed by atoms with E-state index < -0.39 is 0 Å². The van der Waals surface area contributed by atoms with E-state index in [9.17, 15) is 0 Å². The van der Waals surface area contributed by atoms with Crippen LogP contribution in [0, 0.1) is 13.8 Å². The normalized spacial score (nSPS) is 13.0. The van der Waals surface area contributed by atoms with Crippen molar-refractivity contribution in [3.8, 4) is 28.5 Å². The summed E-state index contributed by atoms with van der Waals surface area (Å²) in [5, 5.41) is 6.21. The Bertz CT molecular complexity index is 1530. The Kier molecular flexibility index (Phi) is 8.03. The van der Waals surface area contributed by atoms with E-state index in [-0.39, 0.29) is 23.8 Å². The number of halogens is 1. The van der Waals surface area contributed by atoms with Gasteiger partial charge in [0.2, 0.25) is 12.5 Å². The number of methoxy groups -OCH3 is 1. The van der Waals surface area contributed by atoms with E-state index in [1.54, 1.807) is 7.11 Å². The van der Waals surface area contributed by atoms with Crippen molar-refractivity contribution in [3.05, 3.63) is 76.5 Å². The van der Waals surface area contributed by atoms with Crippen LogP contribution in [-0.2, 0) is 19.4 Å². The largest absolute Gasteiger partial charge is 1.00 e. The number of hydrogen-bond acceptors (Lipinski definition) is 4. The zero-order chi connectivity index (χ0) is 26.2. The summed E-state index contributed by atoms with van der Waals surface area (Å²) in [6.45, 7) is 8.76. The predicted octanol–water partition coefficient (Wildman–Crippen LogP) is 3.90. The van der Waals surface area contributed by atoms with Crippen molar-refractivity contribution in [1.82, 2.24) is 0 Å². The molecule has 0 fully saturated rings. The van der Waals surface area contributed by atoms with Crippen LogP contribution in [0.5, 0.6) is 17.2 Å². The average Bonchev–Trinajstić information content (AvgIpc) is 3.39. The summed E-state index contributed by atoms with van der Waals surface area (Å²) in [4.78, 5) is 0. The minimum Gasteiger partial charge on any atom is -1.00 e. The van der Waals surface area contributed by atoms with Crippen molar-refractivity contribution in [1.29, 1.82) is 0 Å².